The summed E-state index contributed by atoms with van der Waals surface area (Å²) < 4.78 is 5.55. The SMILES string of the molecule is CCCNCC1(CN(C)CC(C)C)CCOCC1. The van der Waals surface area contributed by atoms with Crippen molar-refractivity contribution in [1.82, 2.24) is 10.2 Å². The molecule has 1 fully saturated rings. The minimum absolute atomic E-state index is 0.428. The molecule has 3 heteroatoms. The van der Waals surface area contributed by atoms with Crippen LogP contribution < -0.4 is 5.32 Å². The fourth-order valence-corrected chi connectivity index (χ4v) is 2.99. The Morgan fingerprint density at radius 3 is 2.50 bits per heavy atom. The van der Waals surface area contributed by atoms with Gasteiger partial charge in [-0.25, -0.2) is 0 Å². The van der Waals surface area contributed by atoms with E-state index in [2.05, 4.69) is 38.0 Å². The summed E-state index contributed by atoms with van der Waals surface area (Å²) in [4.78, 5) is 2.50. The predicted octanol–water partition coefficient (Wildman–Crippen LogP) is 2.37. The zero-order chi connectivity index (χ0) is 13.4. The summed E-state index contributed by atoms with van der Waals surface area (Å²) in [6, 6.07) is 0. The molecule has 0 atom stereocenters. The first kappa shape index (κ1) is 15.9. The van der Waals surface area contributed by atoms with Gasteiger partial charge < -0.3 is 15.0 Å². The molecule has 108 valence electrons. The van der Waals surface area contributed by atoms with Gasteiger partial charge in [-0.3, -0.25) is 0 Å². The first-order valence-electron chi connectivity index (χ1n) is 7.55. The zero-order valence-electron chi connectivity index (χ0n) is 12.8. The Labute approximate surface area is 113 Å². The molecule has 0 bridgehead atoms. The standard InChI is InChI=1S/C15H32N2O/c1-5-8-16-12-15(6-9-18-10-7-15)13-17(4)11-14(2)3/h14,16H,5-13H2,1-4H3. The fourth-order valence-electron chi connectivity index (χ4n) is 2.99. The van der Waals surface area contributed by atoms with Crippen molar-refractivity contribution in [1.29, 1.82) is 0 Å². The van der Waals surface area contributed by atoms with Crippen molar-refractivity contribution in [2.24, 2.45) is 11.3 Å². The van der Waals surface area contributed by atoms with Gasteiger partial charge in [0.15, 0.2) is 0 Å². The molecule has 0 aromatic rings. The molecule has 0 spiro atoms. The monoisotopic (exact) mass is 256 g/mol. The third kappa shape index (κ3) is 5.68. The van der Waals surface area contributed by atoms with Gasteiger partial charge in [0.2, 0.25) is 0 Å². The number of ether oxygens (including phenoxy) is 1. The predicted molar refractivity (Wildman–Crippen MR) is 78.0 cm³/mol. The lowest BCUT2D eigenvalue weighted by molar-refractivity contribution is -0.00176. The van der Waals surface area contributed by atoms with Gasteiger partial charge in [-0.2, -0.15) is 0 Å². The summed E-state index contributed by atoms with van der Waals surface area (Å²) >= 11 is 0. The van der Waals surface area contributed by atoms with Crippen LogP contribution in [-0.4, -0.2) is 51.3 Å². The van der Waals surface area contributed by atoms with Crippen LogP contribution in [0.1, 0.15) is 40.0 Å². The highest BCUT2D eigenvalue weighted by Gasteiger charge is 2.33. The topological polar surface area (TPSA) is 24.5 Å². The van der Waals surface area contributed by atoms with Crippen molar-refractivity contribution >= 4 is 0 Å². The van der Waals surface area contributed by atoms with Crippen molar-refractivity contribution < 1.29 is 4.74 Å². The number of hydrogen-bond donors (Lipinski definition) is 1. The lowest BCUT2D eigenvalue weighted by Gasteiger charge is -2.40. The van der Waals surface area contributed by atoms with Crippen LogP contribution in [0.3, 0.4) is 0 Å². The van der Waals surface area contributed by atoms with E-state index in [-0.39, 0.29) is 0 Å². The second-order valence-corrected chi connectivity index (χ2v) is 6.38. The van der Waals surface area contributed by atoms with Gasteiger partial charge in [-0.05, 0) is 44.2 Å². The molecule has 3 nitrogen and oxygen atoms in total. The van der Waals surface area contributed by atoms with Gasteiger partial charge in [0.1, 0.15) is 0 Å². The molecule has 0 aliphatic carbocycles. The molecule has 1 aliphatic rings. The van der Waals surface area contributed by atoms with Gasteiger partial charge in [0.25, 0.3) is 0 Å². The summed E-state index contributed by atoms with van der Waals surface area (Å²) in [7, 11) is 2.26. The van der Waals surface area contributed by atoms with E-state index in [4.69, 9.17) is 4.74 Å². The van der Waals surface area contributed by atoms with Crippen LogP contribution in [0.2, 0.25) is 0 Å². The third-order valence-corrected chi connectivity index (χ3v) is 3.76. The molecule has 0 saturated carbocycles. The lowest BCUT2D eigenvalue weighted by atomic mass is 9.79. The van der Waals surface area contributed by atoms with Crippen molar-refractivity contribution in [2.75, 3.05) is 46.4 Å². The second-order valence-electron chi connectivity index (χ2n) is 6.38. The minimum Gasteiger partial charge on any atom is -0.381 e. The normalized spacial score (nSPS) is 19.7. The second kappa shape index (κ2) is 8.13. The summed E-state index contributed by atoms with van der Waals surface area (Å²) in [5, 5.41) is 3.62. The van der Waals surface area contributed by atoms with Crippen molar-refractivity contribution in [3.63, 3.8) is 0 Å². The van der Waals surface area contributed by atoms with E-state index >= 15 is 0 Å². The van der Waals surface area contributed by atoms with Crippen LogP contribution in [0.5, 0.6) is 0 Å². The van der Waals surface area contributed by atoms with Crippen LogP contribution in [0.4, 0.5) is 0 Å². The van der Waals surface area contributed by atoms with Gasteiger partial charge in [-0.1, -0.05) is 20.8 Å². The number of nitrogens with zero attached hydrogens (tertiary/aromatic N) is 1. The average Bonchev–Trinajstić information content (AvgIpc) is 2.29. The summed E-state index contributed by atoms with van der Waals surface area (Å²) in [6.45, 7) is 13.4. The Bertz CT molecular complexity index is 213. The van der Waals surface area contributed by atoms with Crippen molar-refractivity contribution in [3.8, 4) is 0 Å². The quantitative estimate of drug-likeness (QED) is 0.675. The Morgan fingerprint density at radius 1 is 1.28 bits per heavy atom. The van der Waals surface area contributed by atoms with Gasteiger partial charge in [0, 0.05) is 32.8 Å². The first-order valence-corrected chi connectivity index (χ1v) is 7.55. The Hall–Kier alpha value is -0.120. The van der Waals surface area contributed by atoms with Gasteiger partial charge in [-0.15, -0.1) is 0 Å². The molecule has 1 saturated heterocycles. The summed E-state index contributed by atoms with van der Waals surface area (Å²) in [6.07, 6.45) is 3.62. The van der Waals surface area contributed by atoms with Crippen LogP contribution in [0, 0.1) is 11.3 Å². The smallest absolute Gasteiger partial charge is 0.0472 e. The largest absolute Gasteiger partial charge is 0.381 e. The Balaban J connectivity index is 2.48. The van der Waals surface area contributed by atoms with E-state index in [0.717, 1.165) is 32.2 Å². The Kier molecular flexibility index (Phi) is 7.20. The maximum atomic E-state index is 5.55. The van der Waals surface area contributed by atoms with E-state index in [1.54, 1.807) is 0 Å². The van der Waals surface area contributed by atoms with Crippen LogP contribution in [0.15, 0.2) is 0 Å². The van der Waals surface area contributed by atoms with E-state index < -0.39 is 0 Å². The highest BCUT2D eigenvalue weighted by Crippen LogP contribution is 2.30. The number of rotatable bonds is 8. The highest BCUT2D eigenvalue weighted by molar-refractivity contribution is 4.86. The van der Waals surface area contributed by atoms with Crippen molar-refractivity contribution in [2.45, 2.75) is 40.0 Å². The summed E-state index contributed by atoms with van der Waals surface area (Å²) in [5.41, 5.74) is 0.428. The number of nitrogens with one attached hydrogen (secondary N) is 1. The van der Waals surface area contributed by atoms with Crippen LogP contribution in [0.25, 0.3) is 0 Å². The van der Waals surface area contributed by atoms with E-state index in [0.29, 0.717) is 5.41 Å². The molecule has 0 unspecified atom stereocenters. The molecule has 1 rings (SSSR count). The van der Waals surface area contributed by atoms with Crippen LogP contribution in [-0.2, 0) is 4.74 Å². The minimum atomic E-state index is 0.428. The van der Waals surface area contributed by atoms with Gasteiger partial charge >= 0.3 is 0 Å². The molecule has 1 N–H and O–H groups in total. The molecule has 18 heavy (non-hydrogen) atoms. The maximum Gasteiger partial charge on any atom is 0.0472 e. The highest BCUT2D eigenvalue weighted by atomic mass is 16.5. The summed E-state index contributed by atoms with van der Waals surface area (Å²) in [5.74, 6) is 0.746. The van der Waals surface area contributed by atoms with E-state index in [1.165, 1.54) is 32.4 Å². The average molecular weight is 256 g/mol. The third-order valence-electron chi connectivity index (χ3n) is 3.76. The first-order chi connectivity index (χ1) is 8.58. The molecular formula is C15H32N2O. The molecule has 0 radical (unpaired) electrons. The Morgan fingerprint density at radius 2 is 1.94 bits per heavy atom. The maximum absolute atomic E-state index is 5.55. The molecule has 0 aromatic carbocycles. The van der Waals surface area contributed by atoms with Gasteiger partial charge in [0.05, 0.1) is 0 Å². The van der Waals surface area contributed by atoms with E-state index in [1.807, 2.05) is 0 Å². The van der Waals surface area contributed by atoms with Crippen molar-refractivity contribution in [3.05, 3.63) is 0 Å². The van der Waals surface area contributed by atoms with E-state index in [9.17, 15) is 0 Å². The molecule has 1 heterocycles. The molecule has 0 amide bonds. The number of hydrogen-bond acceptors (Lipinski definition) is 3. The molecular weight excluding hydrogens is 224 g/mol. The van der Waals surface area contributed by atoms with Crippen LogP contribution >= 0.6 is 0 Å². The molecule has 1 aliphatic heterocycles. The zero-order valence-corrected chi connectivity index (χ0v) is 12.8. The molecule has 0 aromatic heterocycles. The fraction of sp³-hybridized carbons (Fsp3) is 1.00. The lowest BCUT2D eigenvalue weighted by Crippen LogP contribution is -2.47.